The molecule has 0 saturated carbocycles. The molecule has 0 aliphatic carbocycles. The number of hydrogen-bond donors (Lipinski definition) is 2. The molecule has 0 aliphatic rings. The number of amides is 1. The molecule has 1 aromatic rings. The summed E-state index contributed by atoms with van der Waals surface area (Å²) in [4.78, 5) is 14.5. The van der Waals surface area contributed by atoms with Crippen molar-refractivity contribution in [2.75, 3.05) is 0 Å². The van der Waals surface area contributed by atoms with E-state index in [9.17, 15) is 4.79 Å². The summed E-state index contributed by atoms with van der Waals surface area (Å²) in [5, 5.41) is 16.0. The van der Waals surface area contributed by atoms with Crippen LogP contribution in [0, 0.1) is 11.3 Å². The molecule has 7 nitrogen and oxygen atoms in total. The fourth-order valence-electron chi connectivity index (χ4n) is 0.938. The average molecular weight is 230 g/mol. The van der Waals surface area contributed by atoms with Crippen LogP contribution in [0.15, 0.2) is 45.6 Å². The van der Waals surface area contributed by atoms with Crippen LogP contribution in [0.4, 0.5) is 5.69 Å². The second-order valence-corrected chi connectivity index (χ2v) is 2.96. The first-order chi connectivity index (χ1) is 8.13. The molecule has 17 heavy (non-hydrogen) atoms. The topological polar surface area (TPSA) is 130 Å². The first-order valence-corrected chi connectivity index (χ1v) is 4.62. The lowest BCUT2D eigenvalue weighted by atomic mass is 10.3. The van der Waals surface area contributed by atoms with Gasteiger partial charge in [-0.3, -0.25) is 4.79 Å². The molecule has 7 heteroatoms. The molecule has 0 heterocycles. The number of azo groups is 1. The van der Waals surface area contributed by atoms with Gasteiger partial charge in [-0.15, -0.1) is 0 Å². The molecule has 0 saturated heterocycles. The molecule has 0 aliphatic heterocycles. The van der Waals surface area contributed by atoms with Crippen molar-refractivity contribution in [1.82, 2.24) is 0 Å². The number of carbonyl (C=O) groups excluding carboxylic acids is 1. The van der Waals surface area contributed by atoms with E-state index in [1.54, 1.807) is 30.3 Å². The van der Waals surface area contributed by atoms with E-state index in [-0.39, 0.29) is 0 Å². The van der Waals surface area contributed by atoms with Crippen molar-refractivity contribution in [1.29, 1.82) is 5.26 Å². The van der Waals surface area contributed by atoms with E-state index < -0.39 is 17.9 Å². The zero-order valence-corrected chi connectivity index (χ0v) is 8.82. The Hall–Kier alpha value is -2.75. The van der Waals surface area contributed by atoms with E-state index in [1.807, 2.05) is 6.07 Å². The number of guanidine groups is 1. The average Bonchev–Trinajstić information content (AvgIpc) is 2.30. The minimum absolute atomic E-state index is 0.412. The van der Waals surface area contributed by atoms with Crippen LogP contribution in [-0.2, 0) is 4.79 Å². The zero-order valence-electron chi connectivity index (χ0n) is 8.82. The van der Waals surface area contributed by atoms with Crippen molar-refractivity contribution in [3.05, 3.63) is 30.3 Å². The molecular weight excluding hydrogens is 220 g/mol. The summed E-state index contributed by atoms with van der Waals surface area (Å²) in [6.45, 7) is 0. The highest BCUT2D eigenvalue weighted by Gasteiger charge is 2.16. The number of hydrogen-bond acceptors (Lipinski definition) is 4. The Morgan fingerprint density at radius 1 is 1.29 bits per heavy atom. The number of nitriles is 1. The predicted octanol–water partition coefficient (Wildman–Crippen LogP) is 0.462. The second kappa shape index (κ2) is 5.97. The van der Waals surface area contributed by atoms with E-state index in [0.717, 1.165) is 0 Å². The Labute approximate surface area is 97.5 Å². The summed E-state index contributed by atoms with van der Waals surface area (Å²) in [7, 11) is 0. The van der Waals surface area contributed by atoms with Crippen molar-refractivity contribution in [2.45, 2.75) is 6.04 Å². The maximum Gasteiger partial charge on any atom is 0.290 e. The Morgan fingerprint density at radius 2 is 1.94 bits per heavy atom. The van der Waals surface area contributed by atoms with Crippen molar-refractivity contribution >= 4 is 17.6 Å². The molecule has 1 atom stereocenters. The van der Waals surface area contributed by atoms with Gasteiger partial charge in [-0.1, -0.05) is 18.2 Å². The minimum atomic E-state index is -1.34. The third-order valence-corrected chi connectivity index (χ3v) is 1.64. The Kier molecular flexibility index (Phi) is 4.33. The predicted molar refractivity (Wildman–Crippen MR) is 61.2 cm³/mol. The van der Waals surface area contributed by atoms with E-state index in [2.05, 4.69) is 15.2 Å². The fourth-order valence-corrected chi connectivity index (χ4v) is 0.938. The molecule has 0 aromatic heterocycles. The van der Waals surface area contributed by atoms with Crippen LogP contribution in [0.1, 0.15) is 0 Å². The molecule has 0 spiro atoms. The monoisotopic (exact) mass is 230 g/mol. The SMILES string of the molecule is N#CC(N=Nc1ccccc1)C(=O)N=C(N)N. The van der Waals surface area contributed by atoms with Crippen LogP contribution in [-0.4, -0.2) is 17.9 Å². The molecule has 0 radical (unpaired) electrons. The molecule has 1 amide bonds. The Bertz CT molecular complexity index is 483. The van der Waals surface area contributed by atoms with Gasteiger partial charge in [-0.25, -0.2) is 0 Å². The minimum Gasteiger partial charge on any atom is -0.370 e. The van der Waals surface area contributed by atoms with Gasteiger partial charge in [0.05, 0.1) is 5.69 Å². The van der Waals surface area contributed by atoms with Crippen molar-refractivity contribution in [2.24, 2.45) is 26.7 Å². The van der Waals surface area contributed by atoms with Crippen LogP contribution in [0.5, 0.6) is 0 Å². The molecule has 4 N–H and O–H groups in total. The fraction of sp³-hybridized carbons (Fsp3) is 0.100. The van der Waals surface area contributed by atoms with Crippen LogP contribution in [0.25, 0.3) is 0 Å². The summed E-state index contributed by atoms with van der Waals surface area (Å²) in [6, 6.07) is 9.01. The number of rotatable bonds is 3. The van der Waals surface area contributed by atoms with Gasteiger partial charge in [0.1, 0.15) is 6.07 Å². The van der Waals surface area contributed by atoms with E-state index in [0.29, 0.717) is 5.69 Å². The second-order valence-electron chi connectivity index (χ2n) is 2.96. The van der Waals surface area contributed by atoms with Crippen molar-refractivity contribution < 1.29 is 4.79 Å². The van der Waals surface area contributed by atoms with E-state index >= 15 is 0 Å². The first kappa shape index (κ1) is 12.3. The lowest BCUT2D eigenvalue weighted by Crippen LogP contribution is -2.27. The maximum absolute atomic E-state index is 11.3. The third kappa shape index (κ3) is 4.09. The quantitative estimate of drug-likeness (QED) is 0.443. The van der Waals surface area contributed by atoms with Gasteiger partial charge in [0.25, 0.3) is 5.91 Å². The van der Waals surface area contributed by atoms with Crippen LogP contribution in [0.2, 0.25) is 0 Å². The third-order valence-electron chi connectivity index (χ3n) is 1.64. The standard InChI is InChI=1S/C10H10N6O/c11-6-8(9(17)14-10(12)13)16-15-7-4-2-1-3-5-7/h1-5,8H,(H4,12,13,14,17). The van der Waals surface area contributed by atoms with Gasteiger partial charge in [0, 0.05) is 0 Å². The van der Waals surface area contributed by atoms with Crippen molar-refractivity contribution in [3.63, 3.8) is 0 Å². The first-order valence-electron chi connectivity index (χ1n) is 4.62. The number of nitrogens with zero attached hydrogens (tertiary/aromatic N) is 4. The van der Waals surface area contributed by atoms with Gasteiger partial charge in [-0.05, 0) is 12.1 Å². The number of nitrogens with two attached hydrogens (primary N) is 2. The van der Waals surface area contributed by atoms with Crippen LogP contribution in [0.3, 0.4) is 0 Å². The number of carbonyl (C=O) groups is 1. The molecule has 1 rings (SSSR count). The zero-order chi connectivity index (χ0) is 12.7. The molecular formula is C10H10N6O. The summed E-state index contributed by atoms with van der Waals surface area (Å²) < 4.78 is 0. The lowest BCUT2D eigenvalue weighted by molar-refractivity contribution is -0.117. The Morgan fingerprint density at radius 3 is 2.47 bits per heavy atom. The van der Waals surface area contributed by atoms with Crippen molar-refractivity contribution in [3.8, 4) is 6.07 Å². The van der Waals surface area contributed by atoms with Gasteiger partial charge in [-0.2, -0.15) is 20.5 Å². The van der Waals surface area contributed by atoms with E-state index in [4.69, 9.17) is 16.7 Å². The number of aliphatic imine (C=N–C) groups is 1. The largest absolute Gasteiger partial charge is 0.370 e. The van der Waals surface area contributed by atoms with Crippen LogP contribution >= 0.6 is 0 Å². The summed E-state index contributed by atoms with van der Waals surface area (Å²) in [5.74, 6) is -1.25. The highest BCUT2D eigenvalue weighted by Crippen LogP contribution is 2.11. The lowest BCUT2D eigenvalue weighted by Gasteiger charge is -1.96. The number of benzene rings is 1. The molecule has 1 aromatic carbocycles. The summed E-state index contributed by atoms with van der Waals surface area (Å²) in [6.07, 6.45) is 0. The smallest absolute Gasteiger partial charge is 0.290 e. The van der Waals surface area contributed by atoms with Gasteiger partial charge in [0.2, 0.25) is 6.04 Å². The van der Waals surface area contributed by atoms with Crippen LogP contribution < -0.4 is 11.5 Å². The molecule has 0 fully saturated rings. The summed E-state index contributed by atoms with van der Waals surface area (Å²) >= 11 is 0. The molecule has 1 unspecified atom stereocenters. The van der Waals surface area contributed by atoms with E-state index in [1.165, 1.54) is 0 Å². The van der Waals surface area contributed by atoms with Gasteiger partial charge >= 0.3 is 0 Å². The highest BCUT2D eigenvalue weighted by atomic mass is 16.1. The normalized spacial score (nSPS) is 11.7. The molecule has 86 valence electrons. The highest BCUT2D eigenvalue weighted by molar-refractivity contribution is 5.95. The summed E-state index contributed by atoms with van der Waals surface area (Å²) in [5.41, 5.74) is 10.6. The van der Waals surface area contributed by atoms with Gasteiger partial charge < -0.3 is 11.5 Å². The maximum atomic E-state index is 11.3. The molecule has 0 bridgehead atoms. The Balaban J connectivity index is 2.79. The van der Waals surface area contributed by atoms with Gasteiger partial charge in [0.15, 0.2) is 5.96 Å².